The minimum atomic E-state index is -0.449. The molecule has 3 atom stereocenters. The van der Waals surface area contributed by atoms with Crippen molar-refractivity contribution in [3.8, 4) is 5.75 Å². The van der Waals surface area contributed by atoms with Gasteiger partial charge >= 0.3 is 0 Å². The molecular weight excluding hydrogens is 454 g/mol. The number of fused-ring (bicyclic) bond motifs is 3. The van der Waals surface area contributed by atoms with Crippen molar-refractivity contribution in [2.75, 3.05) is 10.6 Å². The first-order chi connectivity index (χ1) is 17.1. The van der Waals surface area contributed by atoms with Crippen LogP contribution in [0, 0.1) is 16.0 Å². The number of nitrogens with one attached hydrogen (secondary N) is 2. The van der Waals surface area contributed by atoms with Crippen LogP contribution in [0.3, 0.4) is 0 Å². The van der Waals surface area contributed by atoms with E-state index in [2.05, 4.69) is 43.6 Å². The zero-order valence-corrected chi connectivity index (χ0v) is 20.5. The fourth-order valence-electron chi connectivity index (χ4n) is 5.21. The predicted molar refractivity (Wildman–Crippen MR) is 141 cm³/mol. The first-order valence-corrected chi connectivity index (χ1v) is 12.1. The standard InChI is InChI=1S/C29H29N3O4/c1-29(2,3)18-9-7-17(8-10-18)28(34)30-19-11-13-25-23(15-19)21-5-4-6-22(21)27(31-25)24-16-20(32(35)36)12-14-26(24)33/h4-5,7-16,21-22,27,31,33H,6H2,1-3H3,(H,30,34). The van der Waals surface area contributed by atoms with Crippen LogP contribution in [0.2, 0.25) is 0 Å². The lowest BCUT2D eigenvalue weighted by Gasteiger charge is -2.37. The highest BCUT2D eigenvalue weighted by molar-refractivity contribution is 6.04. The molecule has 36 heavy (non-hydrogen) atoms. The first-order valence-electron chi connectivity index (χ1n) is 12.1. The number of phenolic OH excluding ortho intramolecular Hbond substituents is 1. The number of carbonyl (C=O) groups is 1. The largest absolute Gasteiger partial charge is 0.508 e. The van der Waals surface area contributed by atoms with Crippen molar-refractivity contribution in [3.63, 3.8) is 0 Å². The molecule has 3 aromatic carbocycles. The third kappa shape index (κ3) is 4.33. The molecule has 1 aliphatic heterocycles. The summed E-state index contributed by atoms with van der Waals surface area (Å²) < 4.78 is 0. The first kappa shape index (κ1) is 23.6. The Morgan fingerprint density at radius 3 is 2.50 bits per heavy atom. The van der Waals surface area contributed by atoms with Gasteiger partial charge in [-0.2, -0.15) is 0 Å². The van der Waals surface area contributed by atoms with E-state index in [-0.39, 0.29) is 40.6 Å². The van der Waals surface area contributed by atoms with Crippen LogP contribution in [0.5, 0.6) is 5.75 Å². The van der Waals surface area contributed by atoms with Crippen molar-refractivity contribution in [3.05, 3.63) is 105 Å². The van der Waals surface area contributed by atoms with E-state index in [0.717, 1.165) is 17.7 Å². The zero-order chi connectivity index (χ0) is 25.6. The van der Waals surface area contributed by atoms with Crippen molar-refractivity contribution in [2.24, 2.45) is 5.92 Å². The van der Waals surface area contributed by atoms with Crippen LogP contribution in [-0.2, 0) is 5.41 Å². The van der Waals surface area contributed by atoms with E-state index >= 15 is 0 Å². The van der Waals surface area contributed by atoms with Gasteiger partial charge in [0.15, 0.2) is 0 Å². The summed E-state index contributed by atoms with van der Waals surface area (Å²) in [6, 6.07) is 17.3. The monoisotopic (exact) mass is 483 g/mol. The van der Waals surface area contributed by atoms with Gasteiger partial charge in [0, 0.05) is 40.6 Å². The fraction of sp³-hybridized carbons (Fsp3) is 0.276. The Morgan fingerprint density at radius 2 is 1.81 bits per heavy atom. The zero-order valence-electron chi connectivity index (χ0n) is 20.5. The molecule has 7 nitrogen and oxygen atoms in total. The minimum Gasteiger partial charge on any atom is -0.508 e. The molecule has 0 bridgehead atoms. The summed E-state index contributed by atoms with van der Waals surface area (Å²) in [5, 5.41) is 28.3. The van der Waals surface area contributed by atoms with Gasteiger partial charge in [-0.3, -0.25) is 14.9 Å². The number of anilines is 2. The van der Waals surface area contributed by atoms with Crippen LogP contribution in [0.25, 0.3) is 0 Å². The second-order valence-corrected chi connectivity index (χ2v) is 10.6. The smallest absolute Gasteiger partial charge is 0.270 e. The van der Waals surface area contributed by atoms with Gasteiger partial charge in [0.25, 0.3) is 11.6 Å². The van der Waals surface area contributed by atoms with Crippen molar-refractivity contribution in [1.29, 1.82) is 0 Å². The lowest BCUT2D eigenvalue weighted by Crippen LogP contribution is -2.29. The molecule has 0 fully saturated rings. The molecule has 1 aliphatic carbocycles. The van der Waals surface area contributed by atoms with Gasteiger partial charge in [0.1, 0.15) is 5.75 Å². The Labute approximate surface area is 210 Å². The van der Waals surface area contributed by atoms with Gasteiger partial charge in [-0.15, -0.1) is 0 Å². The average molecular weight is 484 g/mol. The Hall–Kier alpha value is -4.13. The number of non-ortho nitro benzene ring substituents is 1. The molecule has 0 saturated carbocycles. The molecule has 0 radical (unpaired) electrons. The van der Waals surface area contributed by atoms with Crippen molar-refractivity contribution >= 4 is 23.0 Å². The third-order valence-electron chi connectivity index (χ3n) is 7.19. The minimum absolute atomic E-state index is 0.0190. The number of amides is 1. The number of nitro benzene ring substituents is 1. The number of nitrogens with zero attached hydrogens (tertiary/aromatic N) is 1. The molecule has 3 N–H and O–H groups in total. The number of carbonyl (C=O) groups excluding carboxylic acids is 1. The Morgan fingerprint density at radius 1 is 1.06 bits per heavy atom. The molecule has 0 spiro atoms. The number of hydrogen-bond acceptors (Lipinski definition) is 5. The van der Waals surface area contributed by atoms with E-state index in [1.165, 1.54) is 23.8 Å². The van der Waals surface area contributed by atoms with Gasteiger partial charge < -0.3 is 15.7 Å². The van der Waals surface area contributed by atoms with E-state index in [1.54, 1.807) is 0 Å². The van der Waals surface area contributed by atoms with Crippen LogP contribution >= 0.6 is 0 Å². The lowest BCUT2D eigenvalue weighted by molar-refractivity contribution is -0.385. The lowest BCUT2D eigenvalue weighted by atomic mass is 9.76. The second-order valence-electron chi connectivity index (χ2n) is 10.6. The van der Waals surface area contributed by atoms with E-state index in [9.17, 15) is 20.0 Å². The van der Waals surface area contributed by atoms with E-state index in [4.69, 9.17) is 0 Å². The summed E-state index contributed by atoms with van der Waals surface area (Å²) >= 11 is 0. The van der Waals surface area contributed by atoms with Crippen LogP contribution in [-0.4, -0.2) is 15.9 Å². The number of aromatic hydroxyl groups is 1. The van der Waals surface area contributed by atoms with Gasteiger partial charge in [-0.1, -0.05) is 45.1 Å². The summed E-state index contributed by atoms with van der Waals surface area (Å²) in [5.74, 6) is 0.0137. The quantitative estimate of drug-likeness (QED) is 0.218. The summed E-state index contributed by atoms with van der Waals surface area (Å²) in [4.78, 5) is 23.8. The molecule has 7 heteroatoms. The number of phenols is 1. The van der Waals surface area contributed by atoms with Gasteiger partial charge in [0.2, 0.25) is 0 Å². The number of nitro groups is 1. The number of rotatable bonds is 4. The molecule has 0 aromatic heterocycles. The summed E-state index contributed by atoms with van der Waals surface area (Å²) in [5.41, 5.74) is 4.89. The van der Waals surface area contributed by atoms with Crippen molar-refractivity contribution < 1.29 is 14.8 Å². The SMILES string of the molecule is CC(C)(C)c1ccc(C(=O)Nc2ccc3c(c2)C2C=CCC2C(c2cc([N+](=O)[O-])ccc2O)N3)cc1. The molecule has 5 rings (SSSR count). The Bertz CT molecular complexity index is 1370. The number of allylic oxidation sites excluding steroid dienone is 2. The molecule has 2 aliphatic rings. The Balaban J connectivity index is 1.41. The average Bonchev–Trinajstić information content (AvgIpc) is 3.34. The maximum absolute atomic E-state index is 12.9. The van der Waals surface area contributed by atoms with Crippen molar-refractivity contribution in [1.82, 2.24) is 0 Å². The second kappa shape index (κ2) is 8.82. The normalized spacial score (nSPS) is 20.2. The molecule has 3 aromatic rings. The van der Waals surface area contributed by atoms with Crippen LogP contribution in [0.4, 0.5) is 17.1 Å². The van der Waals surface area contributed by atoms with Gasteiger partial charge in [-0.25, -0.2) is 0 Å². The highest BCUT2D eigenvalue weighted by Crippen LogP contribution is 2.51. The highest BCUT2D eigenvalue weighted by Gasteiger charge is 2.39. The van der Waals surface area contributed by atoms with Crippen molar-refractivity contribution in [2.45, 2.75) is 44.6 Å². The Kier molecular flexibility index (Phi) is 5.79. The van der Waals surface area contributed by atoms with Crippen LogP contribution in [0.1, 0.15) is 66.2 Å². The summed E-state index contributed by atoms with van der Waals surface area (Å²) in [6.45, 7) is 6.41. The molecule has 184 valence electrons. The van der Waals surface area contributed by atoms with Gasteiger partial charge in [-0.05, 0) is 65.3 Å². The third-order valence-corrected chi connectivity index (χ3v) is 7.19. The number of hydrogen-bond donors (Lipinski definition) is 3. The van der Waals surface area contributed by atoms with E-state index in [1.807, 2.05) is 42.5 Å². The molecule has 3 unspecified atom stereocenters. The molecular formula is C29H29N3O4. The summed E-state index contributed by atoms with van der Waals surface area (Å²) in [7, 11) is 0. The van der Waals surface area contributed by atoms with Gasteiger partial charge in [0.05, 0.1) is 11.0 Å². The fourth-order valence-corrected chi connectivity index (χ4v) is 5.21. The highest BCUT2D eigenvalue weighted by atomic mass is 16.6. The maximum Gasteiger partial charge on any atom is 0.270 e. The van der Waals surface area contributed by atoms with E-state index in [0.29, 0.717) is 16.8 Å². The van der Waals surface area contributed by atoms with Crippen LogP contribution in [0.15, 0.2) is 72.8 Å². The number of benzene rings is 3. The van der Waals surface area contributed by atoms with Crippen LogP contribution < -0.4 is 10.6 Å². The molecule has 1 heterocycles. The summed E-state index contributed by atoms with van der Waals surface area (Å²) in [6.07, 6.45) is 5.03. The molecule has 0 saturated heterocycles. The van der Waals surface area contributed by atoms with E-state index < -0.39 is 4.92 Å². The topological polar surface area (TPSA) is 104 Å². The molecule has 1 amide bonds. The predicted octanol–water partition coefficient (Wildman–Crippen LogP) is 6.68. The maximum atomic E-state index is 12.9.